The Morgan fingerprint density at radius 3 is 2.54 bits per heavy atom. The molecule has 0 aliphatic heterocycles. The number of anilines is 2. The standard InChI is InChI=1S/C20H17N3O2S/c1-2-25-16-9-3-13(4-10-16)17-11-26-20-18(17)19(21-12-22-20)23-14-5-7-15(24)8-6-14/h3-12,24H,2H2,1H3,(H,21,22,23). The maximum atomic E-state index is 9.45. The molecule has 5 nitrogen and oxygen atoms in total. The van der Waals surface area contributed by atoms with E-state index in [1.807, 2.05) is 43.3 Å². The van der Waals surface area contributed by atoms with Gasteiger partial charge in [-0.15, -0.1) is 11.3 Å². The molecule has 0 radical (unpaired) electrons. The van der Waals surface area contributed by atoms with E-state index in [2.05, 4.69) is 20.7 Å². The summed E-state index contributed by atoms with van der Waals surface area (Å²) in [4.78, 5) is 9.74. The van der Waals surface area contributed by atoms with E-state index in [-0.39, 0.29) is 5.75 Å². The quantitative estimate of drug-likeness (QED) is 0.477. The summed E-state index contributed by atoms with van der Waals surface area (Å²) in [5.41, 5.74) is 3.02. The second-order valence-corrected chi connectivity index (χ2v) is 6.54. The number of ether oxygens (including phenoxy) is 1. The molecule has 0 bridgehead atoms. The Balaban J connectivity index is 1.75. The highest BCUT2D eigenvalue weighted by Crippen LogP contribution is 2.38. The van der Waals surface area contributed by atoms with E-state index in [9.17, 15) is 5.11 Å². The minimum Gasteiger partial charge on any atom is -0.508 e. The maximum absolute atomic E-state index is 9.45. The van der Waals surface area contributed by atoms with Crippen molar-refractivity contribution in [3.05, 3.63) is 60.2 Å². The fourth-order valence-corrected chi connectivity index (χ4v) is 3.68. The Bertz CT molecular complexity index is 1030. The molecule has 0 unspecified atom stereocenters. The lowest BCUT2D eigenvalue weighted by molar-refractivity contribution is 0.340. The first-order chi connectivity index (χ1) is 12.7. The Morgan fingerprint density at radius 1 is 1.04 bits per heavy atom. The average molecular weight is 363 g/mol. The second-order valence-electron chi connectivity index (χ2n) is 5.68. The van der Waals surface area contributed by atoms with E-state index >= 15 is 0 Å². The number of nitrogens with one attached hydrogen (secondary N) is 1. The number of aromatic nitrogens is 2. The highest BCUT2D eigenvalue weighted by Gasteiger charge is 2.13. The molecule has 130 valence electrons. The monoisotopic (exact) mass is 363 g/mol. The number of aromatic hydroxyl groups is 1. The van der Waals surface area contributed by atoms with Gasteiger partial charge in [-0.25, -0.2) is 9.97 Å². The summed E-state index contributed by atoms with van der Waals surface area (Å²) in [6.07, 6.45) is 1.56. The molecule has 6 heteroatoms. The van der Waals surface area contributed by atoms with Crippen molar-refractivity contribution < 1.29 is 9.84 Å². The summed E-state index contributed by atoms with van der Waals surface area (Å²) >= 11 is 1.59. The maximum Gasteiger partial charge on any atom is 0.143 e. The average Bonchev–Trinajstić information content (AvgIpc) is 3.10. The Labute approximate surface area is 154 Å². The van der Waals surface area contributed by atoms with E-state index in [1.165, 1.54) is 0 Å². The van der Waals surface area contributed by atoms with Crippen LogP contribution < -0.4 is 10.1 Å². The van der Waals surface area contributed by atoms with Gasteiger partial charge in [0.2, 0.25) is 0 Å². The normalized spacial score (nSPS) is 10.8. The van der Waals surface area contributed by atoms with Gasteiger partial charge >= 0.3 is 0 Å². The number of thiophene rings is 1. The third kappa shape index (κ3) is 3.19. The molecule has 0 spiro atoms. The van der Waals surface area contributed by atoms with Crippen LogP contribution in [0.4, 0.5) is 11.5 Å². The predicted octanol–water partition coefficient (Wildman–Crippen LogP) is 5.21. The Kier molecular flexibility index (Phi) is 4.41. The van der Waals surface area contributed by atoms with Crippen LogP contribution in [-0.2, 0) is 0 Å². The molecule has 26 heavy (non-hydrogen) atoms. The Morgan fingerprint density at radius 2 is 1.81 bits per heavy atom. The number of rotatable bonds is 5. The number of phenols is 1. The molecule has 2 N–H and O–H groups in total. The van der Waals surface area contributed by atoms with Gasteiger partial charge in [-0.1, -0.05) is 12.1 Å². The van der Waals surface area contributed by atoms with Crippen LogP contribution in [0.25, 0.3) is 21.3 Å². The van der Waals surface area contributed by atoms with Crippen LogP contribution in [0.2, 0.25) is 0 Å². The molecule has 0 saturated carbocycles. The van der Waals surface area contributed by atoms with Gasteiger partial charge in [0.1, 0.15) is 28.5 Å². The van der Waals surface area contributed by atoms with Crippen LogP contribution in [0, 0.1) is 0 Å². The lowest BCUT2D eigenvalue weighted by atomic mass is 10.1. The SMILES string of the molecule is CCOc1ccc(-c2csc3ncnc(Nc4ccc(O)cc4)c23)cc1. The largest absolute Gasteiger partial charge is 0.508 e. The highest BCUT2D eigenvalue weighted by atomic mass is 32.1. The molecule has 2 heterocycles. The van der Waals surface area contributed by atoms with Crippen LogP contribution in [0.5, 0.6) is 11.5 Å². The third-order valence-corrected chi connectivity index (χ3v) is 4.86. The number of fused-ring (bicyclic) bond motifs is 1. The van der Waals surface area contributed by atoms with Crippen molar-refractivity contribution in [2.24, 2.45) is 0 Å². The first kappa shape index (κ1) is 16.4. The summed E-state index contributed by atoms with van der Waals surface area (Å²) in [5, 5.41) is 15.9. The van der Waals surface area contributed by atoms with Crippen LogP contribution in [0.3, 0.4) is 0 Å². The first-order valence-electron chi connectivity index (χ1n) is 8.26. The predicted molar refractivity (Wildman–Crippen MR) is 105 cm³/mol. The van der Waals surface area contributed by atoms with E-state index in [0.29, 0.717) is 6.61 Å². The van der Waals surface area contributed by atoms with Gasteiger partial charge in [-0.3, -0.25) is 0 Å². The van der Waals surface area contributed by atoms with Crippen molar-refractivity contribution in [3.63, 3.8) is 0 Å². The minimum absolute atomic E-state index is 0.231. The zero-order valence-electron chi connectivity index (χ0n) is 14.1. The van der Waals surface area contributed by atoms with Gasteiger partial charge in [-0.2, -0.15) is 0 Å². The lowest BCUT2D eigenvalue weighted by Crippen LogP contribution is -1.95. The lowest BCUT2D eigenvalue weighted by Gasteiger charge is -2.09. The zero-order chi connectivity index (χ0) is 17.9. The first-order valence-corrected chi connectivity index (χ1v) is 9.14. The zero-order valence-corrected chi connectivity index (χ0v) is 15.0. The molecule has 0 aliphatic carbocycles. The van der Waals surface area contributed by atoms with Crippen molar-refractivity contribution in [3.8, 4) is 22.6 Å². The van der Waals surface area contributed by atoms with Crippen molar-refractivity contribution in [1.82, 2.24) is 9.97 Å². The van der Waals surface area contributed by atoms with Crippen LogP contribution in [0.15, 0.2) is 60.2 Å². The molecule has 2 aromatic heterocycles. The van der Waals surface area contributed by atoms with Gasteiger partial charge in [-0.05, 0) is 48.9 Å². The van der Waals surface area contributed by atoms with Crippen LogP contribution in [-0.4, -0.2) is 21.7 Å². The third-order valence-electron chi connectivity index (χ3n) is 3.98. The van der Waals surface area contributed by atoms with Gasteiger partial charge in [0.05, 0.1) is 12.0 Å². The molecule has 4 aromatic rings. The van der Waals surface area contributed by atoms with Gasteiger partial charge < -0.3 is 15.2 Å². The van der Waals surface area contributed by atoms with E-state index < -0.39 is 0 Å². The van der Waals surface area contributed by atoms with Crippen molar-refractivity contribution in [2.75, 3.05) is 11.9 Å². The Hall–Kier alpha value is -3.12. The summed E-state index contributed by atoms with van der Waals surface area (Å²) in [7, 11) is 0. The summed E-state index contributed by atoms with van der Waals surface area (Å²) in [5.74, 6) is 1.83. The molecule has 4 rings (SSSR count). The molecular weight excluding hydrogens is 346 g/mol. The molecular formula is C20H17N3O2S. The molecule has 0 atom stereocenters. The molecule has 0 fully saturated rings. The topological polar surface area (TPSA) is 67.3 Å². The number of nitrogens with zero attached hydrogens (tertiary/aromatic N) is 2. The number of benzene rings is 2. The summed E-state index contributed by atoms with van der Waals surface area (Å²) in [6.45, 7) is 2.62. The second kappa shape index (κ2) is 7.01. The summed E-state index contributed by atoms with van der Waals surface area (Å²) in [6, 6.07) is 14.9. The number of hydrogen-bond donors (Lipinski definition) is 2. The van der Waals surface area contributed by atoms with Crippen molar-refractivity contribution in [1.29, 1.82) is 0 Å². The van der Waals surface area contributed by atoms with Crippen molar-refractivity contribution in [2.45, 2.75) is 6.92 Å². The molecule has 2 aromatic carbocycles. The van der Waals surface area contributed by atoms with Gasteiger partial charge in [0.15, 0.2) is 0 Å². The van der Waals surface area contributed by atoms with E-state index in [1.54, 1.807) is 29.8 Å². The highest BCUT2D eigenvalue weighted by molar-refractivity contribution is 7.17. The number of phenolic OH excluding ortho intramolecular Hbond substituents is 1. The number of hydrogen-bond acceptors (Lipinski definition) is 6. The van der Waals surface area contributed by atoms with E-state index in [4.69, 9.17) is 4.74 Å². The van der Waals surface area contributed by atoms with Gasteiger partial charge in [0, 0.05) is 16.6 Å². The van der Waals surface area contributed by atoms with Gasteiger partial charge in [0.25, 0.3) is 0 Å². The van der Waals surface area contributed by atoms with Crippen LogP contribution >= 0.6 is 11.3 Å². The molecule has 0 amide bonds. The molecule has 0 aliphatic rings. The fourth-order valence-electron chi connectivity index (χ4n) is 2.76. The van der Waals surface area contributed by atoms with Crippen molar-refractivity contribution >= 4 is 33.1 Å². The molecule has 0 saturated heterocycles. The minimum atomic E-state index is 0.231. The van der Waals surface area contributed by atoms with Crippen LogP contribution in [0.1, 0.15) is 6.92 Å². The fraction of sp³-hybridized carbons (Fsp3) is 0.100. The summed E-state index contributed by atoms with van der Waals surface area (Å²) < 4.78 is 5.52. The smallest absolute Gasteiger partial charge is 0.143 e. The van der Waals surface area contributed by atoms with E-state index in [0.717, 1.165) is 38.6 Å².